The van der Waals surface area contributed by atoms with Crippen LogP contribution in [0.3, 0.4) is 0 Å². The van der Waals surface area contributed by atoms with Gasteiger partial charge in [-0.25, -0.2) is 4.98 Å². The van der Waals surface area contributed by atoms with Crippen molar-refractivity contribution in [3.8, 4) is 0 Å². The summed E-state index contributed by atoms with van der Waals surface area (Å²) < 4.78 is 1.07. The molecule has 1 aromatic heterocycles. The van der Waals surface area contributed by atoms with Crippen molar-refractivity contribution in [3.05, 3.63) is 52.5 Å². The zero-order valence-electron chi connectivity index (χ0n) is 8.15. The molecule has 0 bridgehead atoms. The molecular formula is C11H12BrN3. The van der Waals surface area contributed by atoms with E-state index in [-0.39, 0.29) is 5.92 Å². The molecule has 0 amide bonds. The topological polar surface area (TPSA) is 54.7 Å². The van der Waals surface area contributed by atoms with Crippen LogP contribution in [-0.2, 0) is 0 Å². The maximum atomic E-state index is 5.78. The van der Waals surface area contributed by atoms with Gasteiger partial charge in [-0.15, -0.1) is 0 Å². The quantitative estimate of drug-likeness (QED) is 0.895. The molecule has 0 aliphatic carbocycles. The van der Waals surface area contributed by atoms with Crippen LogP contribution < -0.4 is 5.73 Å². The maximum absolute atomic E-state index is 5.78. The van der Waals surface area contributed by atoms with Gasteiger partial charge >= 0.3 is 0 Å². The van der Waals surface area contributed by atoms with Crippen molar-refractivity contribution in [1.29, 1.82) is 0 Å². The molecule has 0 aliphatic rings. The maximum Gasteiger partial charge on any atom is 0.114 e. The Kier molecular flexibility index (Phi) is 3.18. The third kappa shape index (κ3) is 2.11. The Bertz CT molecular complexity index is 425. The van der Waals surface area contributed by atoms with E-state index in [1.807, 2.05) is 24.4 Å². The van der Waals surface area contributed by atoms with E-state index in [0.29, 0.717) is 6.54 Å². The molecule has 3 N–H and O–H groups in total. The van der Waals surface area contributed by atoms with E-state index in [9.17, 15) is 0 Å². The highest BCUT2D eigenvalue weighted by molar-refractivity contribution is 9.10. The molecule has 3 nitrogen and oxygen atoms in total. The number of aromatic amines is 1. The lowest BCUT2D eigenvalue weighted by molar-refractivity contribution is 0.761. The van der Waals surface area contributed by atoms with Crippen molar-refractivity contribution in [2.75, 3.05) is 6.54 Å². The summed E-state index contributed by atoms with van der Waals surface area (Å²) in [5.74, 6) is 1.03. The predicted molar refractivity (Wildman–Crippen MR) is 63.6 cm³/mol. The van der Waals surface area contributed by atoms with Gasteiger partial charge < -0.3 is 10.7 Å². The Morgan fingerprint density at radius 1 is 1.40 bits per heavy atom. The van der Waals surface area contributed by atoms with Crippen LogP contribution in [0.15, 0.2) is 41.1 Å². The average molecular weight is 266 g/mol. The third-order valence-corrected chi connectivity index (χ3v) is 3.09. The van der Waals surface area contributed by atoms with Crippen molar-refractivity contribution < 1.29 is 0 Å². The Balaban J connectivity index is 2.40. The minimum atomic E-state index is 0.121. The third-order valence-electron chi connectivity index (χ3n) is 2.37. The fourth-order valence-electron chi connectivity index (χ4n) is 1.61. The van der Waals surface area contributed by atoms with E-state index in [1.165, 1.54) is 0 Å². The van der Waals surface area contributed by atoms with Crippen LogP contribution in [0.1, 0.15) is 17.3 Å². The summed E-state index contributed by atoms with van der Waals surface area (Å²) in [6, 6.07) is 8.07. The first-order chi connectivity index (χ1) is 7.33. The van der Waals surface area contributed by atoms with Gasteiger partial charge in [0.2, 0.25) is 0 Å². The molecule has 0 saturated heterocycles. The largest absolute Gasteiger partial charge is 0.348 e. The molecule has 4 heteroatoms. The molecule has 0 spiro atoms. The molecule has 15 heavy (non-hydrogen) atoms. The summed E-state index contributed by atoms with van der Waals surface area (Å²) in [6.45, 7) is 0.538. The molecule has 1 atom stereocenters. The molecule has 78 valence electrons. The summed E-state index contributed by atoms with van der Waals surface area (Å²) in [4.78, 5) is 7.35. The lowest BCUT2D eigenvalue weighted by atomic mass is 9.99. The van der Waals surface area contributed by atoms with Gasteiger partial charge in [-0.2, -0.15) is 0 Å². The monoisotopic (exact) mass is 265 g/mol. The van der Waals surface area contributed by atoms with Crippen LogP contribution in [0.4, 0.5) is 0 Å². The number of nitrogens with zero attached hydrogens (tertiary/aromatic N) is 1. The van der Waals surface area contributed by atoms with Crippen LogP contribution >= 0.6 is 15.9 Å². The molecule has 0 fully saturated rings. The Hall–Kier alpha value is -1.13. The highest BCUT2D eigenvalue weighted by Crippen LogP contribution is 2.27. The molecule has 1 heterocycles. The van der Waals surface area contributed by atoms with Gasteiger partial charge in [-0.1, -0.05) is 34.1 Å². The van der Waals surface area contributed by atoms with Crippen molar-refractivity contribution >= 4 is 15.9 Å². The van der Waals surface area contributed by atoms with Crippen LogP contribution in [0, 0.1) is 0 Å². The molecule has 0 aliphatic heterocycles. The number of aromatic nitrogens is 2. The van der Waals surface area contributed by atoms with Crippen LogP contribution in [0.5, 0.6) is 0 Å². The van der Waals surface area contributed by atoms with Gasteiger partial charge in [0.15, 0.2) is 0 Å². The first kappa shape index (κ1) is 10.4. The summed E-state index contributed by atoms with van der Waals surface area (Å²) in [6.07, 6.45) is 3.56. The second-order valence-corrected chi connectivity index (χ2v) is 4.14. The fourth-order valence-corrected chi connectivity index (χ4v) is 2.17. The number of hydrogen-bond acceptors (Lipinski definition) is 2. The van der Waals surface area contributed by atoms with Gasteiger partial charge in [-0.3, -0.25) is 0 Å². The minimum Gasteiger partial charge on any atom is -0.348 e. The first-order valence-electron chi connectivity index (χ1n) is 4.76. The SMILES string of the molecule is NCC(c1ncc[nH]1)c1ccccc1Br. The summed E-state index contributed by atoms with van der Waals surface area (Å²) in [7, 11) is 0. The lowest BCUT2D eigenvalue weighted by Crippen LogP contribution is -2.15. The molecule has 1 aromatic carbocycles. The number of imidazole rings is 1. The molecule has 0 radical (unpaired) electrons. The zero-order valence-corrected chi connectivity index (χ0v) is 9.74. The standard InChI is InChI=1S/C11H12BrN3/c12-10-4-2-1-3-8(10)9(7-13)11-14-5-6-15-11/h1-6,9H,7,13H2,(H,14,15). The van der Waals surface area contributed by atoms with Crippen LogP contribution in [0.25, 0.3) is 0 Å². The minimum absolute atomic E-state index is 0.121. The Morgan fingerprint density at radius 2 is 2.20 bits per heavy atom. The summed E-state index contributed by atoms with van der Waals surface area (Å²) >= 11 is 3.53. The number of rotatable bonds is 3. The van der Waals surface area contributed by atoms with Crippen molar-refractivity contribution in [1.82, 2.24) is 9.97 Å². The van der Waals surface area contributed by atoms with Crippen LogP contribution in [0.2, 0.25) is 0 Å². The van der Waals surface area contributed by atoms with E-state index in [2.05, 4.69) is 32.0 Å². The van der Waals surface area contributed by atoms with E-state index < -0.39 is 0 Å². The Morgan fingerprint density at radius 3 is 2.80 bits per heavy atom. The molecule has 2 rings (SSSR count). The molecule has 0 saturated carbocycles. The number of hydrogen-bond donors (Lipinski definition) is 2. The van der Waals surface area contributed by atoms with Gasteiger partial charge in [-0.05, 0) is 11.6 Å². The second-order valence-electron chi connectivity index (χ2n) is 3.28. The van der Waals surface area contributed by atoms with Gasteiger partial charge in [0, 0.05) is 23.4 Å². The highest BCUT2D eigenvalue weighted by Gasteiger charge is 2.16. The van der Waals surface area contributed by atoms with Gasteiger partial charge in [0.25, 0.3) is 0 Å². The van der Waals surface area contributed by atoms with Gasteiger partial charge in [0.1, 0.15) is 5.82 Å². The molecule has 1 unspecified atom stereocenters. The second kappa shape index (κ2) is 4.59. The normalized spacial score (nSPS) is 12.7. The molecular weight excluding hydrogens is 254 g/mol. The number of nitrogens with one attached hydrogen (secondary N) is 1. The van der Waals surface area contributed by atoms with E-state index in [4.69, 9.17) is 5.73 Å². The van der Waals surface area contributed by atoms with Gasteiger partial charge in [0.05, 0.1) is 5.92 Å². The summed E-state index contributed by atoms with van der Waals surface area (Å²) in [5, 5.41) is 0. The lowest BCUT2D eigenvalue weighted by Gasteiger charge is -2.14. The number of nitrogens with two attached hydrogens (primary N) is 1. The van der Waals surface area contributed by atoms with E-state index in [1.54, 1.807) is 6.20 Å². The fraction of sp³-hybridized carbons (Fsp3) is 0.182. The van der Waals surface area contributed by atoms with Crippen molar-refractivity contribution in [3.63, 3.8) is 0 Å². The molecule has 2 aromatic rings. The van der Waals surface area contributed by atoms with Crippen molar-refractivity contribution in [2.45, 2.75) is 5.92 Å². The zero-order chi connectivity index (χ0) is 10.7. The van der Waals surface area contributed by atoms with E-state index in [0.717, 1.165) is 15.9 Å². The first-order valence-corrected chi connectivity index (χ1v) is 5.56. The smallest absolute Gasteiger partial charge is 0.114 e. The van der Waals surface area contributed by atoms with Crippen molar-refractivity contribution in [2.24, 2.45) is 5.73 Å². The summed E-state index contributed by atoms with van der Waals surface area (Å²) in [5.41, 5.74) is 6.95. The predicted octanol–water partition coefficient (Wildman–Crippen LogP) is 2.26. The number of halogens is 1. The van der Waals surface area contributed by atoms with Crippen LogP contribution in [-0.4, -0.2) is 16.5 Å². The average Bonchev–Trinajstić information content (AvgIpc) is 2.75. The Labute approximate surface area is 96.9 Å². The highest BCUT2D eigenvalue weighted by atomic mass is 79.9. The van der Waals surface area contributed by atoms with E-state index >= 15 is 0 Å². The number of H-pyrrole nitrogens is 1. The number of benzene rings is 1.